The molecule has 0 bridgehead atoms. The van der Waals surface area contributed by atoms with Gasteiger partial charge >= 0.3 is 0 Å². The van der Waals surface area contributed by atoms with E-state index in [9.17, 15) is 9.59 Å². The molecule has 11 nitrogen and oxygen atoms in total. The van der Waals surface area contributed by atoms with Crippen LogP contribution in [0.5, 0.6) is 0 Å². The fraction of sp³-hybridized carbons (Fsp3) is 0.771. The Balaban J connectivity index is 1.02. The summed E-state index contributed by atoms with van der Waals surface area (Å²) in [6.07, 6.45) is 11.7. The van der Waals surface area contributed by atoms with E-state index in [1.54, 1.807) is 23.4 Å². The van der Waals surface area contributed by atoms with Crippen LogP contribution < -0.4 is 10.2 Å². The maximum atomic E-state index is 16.3. The van der Waals surface area contributed by atoms with E-state index < -0.39 is 24.2 Å². The minimum Gasteiger partial charge on any atom is -0.379 e. The number of halogens is 1. The Morgan fingerprint density at radius 2 is 1.72 bits per heavy atom. The molecule has 256 valence electrons. The van der Waals surface area contributed by atoms with Crippen molar-refractivity contribution in [3.63, 3.8) is 0 Å². The number of anilines is 1. The molecule has 1 aromatic rings. The van der Waals surface area contributed by atoms with Crippen LogP contribution in [0.25, 0.3) is 0 Å². The molecule has 4 aliphatic heterocycles. The lowest BCUT2D eigenvalue weighted by molar-refractivity contribution is -0.208. The molecular weight excluding hydrogens is 601 g/mol. The Labute approximate surface area is 277 Å². The van der Waals surface area contributed by atoms with Gasteiger partial charge in [-0.05, 0) is 56.7 Å². The van der Waals surface area contributed by atoms with Crippen molar-refractivity contribution < 1.29 is 23.5 Å². The summed E-state index contributed by atoms with van der Waals surface area (Å²) in [7, 11) is 0. The van der Waals surface area contributed by atoms with Gasteiger partial charge in [-0.15, -0.1) is 0 Å². The summed E-state index contributed by atoms with van der Waals surface area (Å²) in [4.78, 5) is 45.6. The second-order valence-corrected chi connectivity index (χ2v) is 14.8. The first-order chi connectivity index (χ1) is 23.0. The first kappa shape index (κ1) is 31.6. The summed E-state index contributed by atoms with van der Waals surface area (Å²) in [5.74, 6) is 0.912. The van der Waals surface area contributed by atoms with Crippen LogP contribution in [-0.4, -0.2) is 138 Å². The van der Waals surface area contributed by atoms with E-state index >= 15 is 4.39 Å². The number of hydrogen-bond donors (Lipinski definition) is 1. The summed E-state index contributed by atoms with van der Waals surface area (Å²) < 4.78 is 28.7. The molecule has 47 heavy (non-hydrogen) atoms. The van der Waals surface area contributed by atoms with E-state index in [1.807, 2.05) is 6.20 Å². The normalized spacial score (nSPS) is 37.5. The lowest BCUT2D eigenvalue weighted by Gasteiger charge is -2.61. The average Bonchev–Trinajstić information content (AvgIpc) is 3.12. The number of alkyl halides is 1. The first-order valence-electron chi connectivity index (χ1n) is 18.2. The second-order valence-electron chi connectivity index (χ2n) is 14.8. The van der Waals surface area contributed by atoms with Crippen molar-refractivity contribution >= 4 is 17.6 Å². The summed E-state index contributed by atoms with van der Waals surface area (Å²) in [6, 6.07) is 1.17. The van der Waals surface area contributed by atoms with Crippen molar-refractivity contribution in [2.75, 3.05) is 70.5 Å². The Morgan fingerprint density at radius 3 is 2.49 bits per heavy atom. The fourth-order valence-corrected chi connectivity index (χ4v) is 9.82. The predicted molar refractivity (Wildman–Crippen MR) is 173 cm³/mol. The Bertz CT molecular complexity index is 1310. The van der Waals surface area contributed by atoms with Crippen LogP contribution in [0.2, 0.25) is 0 Å². The zero-order valence-electron chi connectivity index (χ0n) is 27.4. The molecule has 9 unspecified atom stereocenters. The van der Waals surface area contributed by atoms with Gasteiger partial charge in [0, 0.05) is 63.8 Å². The van der Waals surface area contributed by atoms with Gasteiger partial charge in [0.25, 0.3) is 5.91 Å². The molecule has 0 aromatic carbocycles. The average molecular weight is 652 g/mol. The predicted octanol–water partition coefficient (Wildman–Crippen LogP) is 2.04. The number of amides is 1. The van der Waals surface area contributed by atoms with Crippen molar-refractivity contribution in [2.45, 2.75) is 87.9 Å². The second kappa shape index (κ2) is 13.7. The van der Waals surface area contributed by atoms with Crippen LogP contribution in [0, 0.1) is 17.8 Å². The molecule has 1 aromatic heterocycles. The van der Waals surface area contributed by atoms with Gasteiger partial charge in [-0.3, -0.25) is 14.5 Å². The van der Waals surface area contributed by atoms with E-state index in [-0.39, 0.29) is 41.9 Å². The third kappa shape index (κ3) is 6.19. The molecule has 3 aliphatic carbocycles. The minimum absolute atomic E-state index is 0.0191. The van der Waals surface area contributed by atoms with Crippen molar-refractivity contribution in [3.05, 3.63) is 30.2 Å². The van der Waals surface area contributed by atoms with Crippen molar-refractivity contribution in [3.8, 4) is 0 Å². The van der Waals surface area contributed by atoms with Gasteiger partial charge < -0.3 is 29.5 Å². The molecule has 5 heterocycles. The van der Waals surface area contributed by atoms with Crippen molar-refractivity contribution in [2.24, 2.45) is 17.8 Å². The molecule has 0 radical (unpaired) electrons. The molecule has 6 fully saturated rings. The number of aromatic nitrogens is 2. The molecule has 1 N–H and O–H groups in total. The third-order valence-corrected chi connectivity index (χ3v) is 12.3. The van der Waals surface area contributed by atoms with Crippen LogP contribution in [-0.2, 0) is 19.1 Å². The highest BCUT2D eigenvalue weighted by molar-refractivity contribution is 6.20. The number of rotatable bonds is 7. The number of ether oxygens (including phenoxy) is 2. The number of carbonyl (C=O) groups is 2. The number of nitrogens with zero attached hydrogens (tertiary/aromatic N) is 6. The van der Waals surface area contributed by atoms with E-state index in [2.05, 4.69) is 30.0 Å². The summed E-state index contributed by atoms with van der Waals surface area (Å²) >= 11 is 0. The Kier molecular flexibility index (Phi) is 9.20. The maximum absolute atomic E-state index is 16.3. The van der Waals surface area contributed by atoms with Crippen LogP contribution in [0.15, 0.2) is 30.2 Å². The monoisotopic (exact) mass is 651 g/mol. The van der Waals surface area contributed by atoms with E-state index in [1.165, 1.54) is 25.7 Å². The highest BCUT2D eigenvalue weighted by atomic mass is 19.1. The number of hydrogen-bond acceptors (Lipinski definition) is 10. The van der Waals surface area contributed by atoms with Crippen LogP contribution in [0.4, 0.5) is 10.3 Å². The molecule has 0 spiro atoms. The van der Waals surface area contributed by atoms with Gasteiger partial charge in [-0.2, -0.15) is 0 Å². The number of carbonyl (C=O) groups excluding carboxylic acids is 2. The molecule has 3 saturated heterocycles. The van der Waals surface area contributed by atoms with E-state index in [4.69, 9.17) is 9.47 Å². The summed E-state index contributed by atoms with van der Waals surface area (Å²) in [6.45, 7) is 7.25. The lowest BCUT2D eigenvalue weighted by atomic mass is 9.65. The molecule has 12 heteroatoms. The number of nitrogens with one attached hydrogen (secondary N) is 1. The maximum Gasteiger partial charge on any atom is 0.259 e. The molecular formula is C35H50FN7O4. The number of piperazine rings is 1. The number of ketones is 1. The van der Waals surface area contributed by atoms with Crippen LogP contribution >= 0.6 is 0 Å². The highest BCUT2D eigenvalue weighted by Crippen LogP contribution is 2.50. The van der Waals surface area contributed by atoms with Gasteiger partial charge in [0.1, 0.15) is 6.17 Å². The molecule has 1 amide bonds. The first-order valence-corrected chi connectivity index (χ1v) is 18.2. The molecule has 7 aliphatic rings. The lowest BCUT2D eigenvalue weighted by Crippen LogP contribution is -2.73. The fourth-order valence-electron chi connectivity index (χ4n) is 9.82. The van der Waals surface area contributed by atoms with Crippen LogP contribution in [0.1, 0.15) is 51.4 Å². The van der Waals surface area contributed by atoms with Gasteiger partial charge in [-0.25, -0.2) is 14.4 Å². The van der Waals surface area contributed by atoms with Crippen molar-refractivity contribution in [1.82, 2.24) is 30.0 Å². The van der Waals surface area contributed by atoms with E-state index in [0.717, 1.165) is 52.1 Å². The Hall–Kier alpha value is -2.67. The van der Waals surface area contributed by atoms with Gasteiger partial charge in [0.15, 0.2) is 5.78 Å². The SMILES string of the molecule is O=C1C(C(=O)N2CCN(c3ncccn3)CC2)=CN2C3CC4CCCCC4CC3OC3C(NCCCN4CCOCC4)C(F)CC1C32. The quantitative estimate of drug-likeness (QED) is 0.348. The largest absolute Gasteiger partial charge is 0.379 e. The molecule has 9 atom stereocenters. The highest BCUT2D eigenvalue weighted by Gasteiger charge is 2.59. The Morgan fingerprint density at radius 1 is 0.979 bits per heavy atom. The smallest absolute Gasteiger partial charge is 0.259 e. The zero-order valence-corrected chi connectivity index (χ0v) is 27.4. The standard InChI is InChI=1S/C35H50FN7O4/c36-27-21-25-31-33(30(27)37-9-4-10-40-15-17-46-18-16-40)47-29-20-24-6-2-1-5-23(24)19-28(29)43(31)22-26(32(25)44)34(45)41-11-13-42(14-12-41)35-38-7-3-8-39-35/h3,7-8,22-25,27-31,33,37H,1-2,4-6,9-21H2. The van der Waals surface area contributed by atoms with Crippen LogP contribution in [0.3, 0.4) is 0 Å². The third-order valence-electron chi connectivity index (χ3n) is 12.3. The summed E-state index contributed by atoms with van der Waals surface area (Å²) in [5, 5.41) is 3.56. The zero-order chi connectivity index (χ0) is 31.9. The van der Waals surface area contributed by atoms with Gasteiger partial charge in [0.2, 0.25) is 5.95 Å². The molecule has 3 saturated carbocycles. The summed E-state index contributed by atoms with van der Waals surface area (Å²) in [5.41, 5.74) is 0.227. The van der Waals surface area contributed by atoms with E-state index in [0.29, 0.717) is 50.5 Å². The number of fused-ring (bicyclic) bond motifs is 3. The van der Waals surface area contributed by atoms with Gasteiger partial charge in [0.05, 0.1) is 49.1 Å². The minimum atomic E-state index is -1.22. The number of Topliss-reactive ketones (excluding diaryl/α,β-unsaturated/α-hetero) is 1. The molecule has 8 rings (SSSR count). The topological polar surface area (TPSA) is 103 Å². The van der Waals surface area contributed by atoms with Gasteiger partial charge in [-0.1, -0.05) is 25.7 Å². The van der Waals surface area contributed by atoms with Crippen molar-refractivity contribution in [1.29, 1.82) is 0 Å². The number of morpholine rings is 2.